The Morgan fingerprint density at radius 2 is 0.894 bits per heavy atom. The lowest BCUT2D eigenvalue weighted by Gasteiger charge is -2.46. The molecule has 47 heavy (non-hydrogen) atoms. The Kier molecular flexibility index (Phi) is 6.16. The first kappa shape index (κ1) is 29.7. The third-order valence-corrected chi connectivity index (χ3v) is 9.50. The highest BCUT2D eigenvalue weighted by Gasteiger charge is 2.61. The Balaban J connectivity index is 1.43. The van der Waals surface area contributed by atoms with Crippen LogP contribution in [0.4, 0.5) is 4.79 Å². The van der Waals surface area contributed by atoms with Crippen molar-refractivity contribution in [3.63, 3.8) is 0 Å². The van der Waals surface area contributed by atoms with E-state index in [4.69, 9.17) is 8.83 Å². The highest BCUT2D eigenvalue weighted by molar-refractivity contribution is 6.20. The number of allylic oxidation sites excluding steroid dienone is 4. The summed E-state index contributed by atoms with van der Waals surface area (Å²) in [6.45, 7) is 0. The molecule has 4 aromatic heterocycles. The molecule has 15 nitrogen and oxygen atoms in total. The lowest BCUT2D eigenvalue weighted by atomic mass is 9.63. The number of imide groups is 2. The summed E-state index contributed by atoms with van der Waals surface area (Å²) in [5.41, 5.74) is -3.38. The van der Waals surface area contributed by atoms with Crippen LogP contribution >= 0.6 is 0 Å². The van der Waals surface area contributed by atoms with E-state index in [0.29, 0.717) is 11.1 Å². The number of carbonyl (C=O) groups is 3. The van der Waals surface area contributed by atoms with Crippen molar-refractivity contribution in [2.75, 3.05) is 14.1 Å². The summed E-state index contributed by atoms with van der Waals surface area (Å²) in [6.07, 6.45) is 12.6. The van der Waals surface area contributed by atoms with E-state index in [9.17, 15) is 33.6 Å². The SMILES string of the molecule is CN1C(=O)N(C)C(=O)C(C2C=Cc3oc4c(c3C=C2)c(=O)n(C)c(=O)n4C)(C2C=Cc3oc4c(c3C=C2)c(=O)n(C)c(=O)n4C)C1=O. The molecule has 1 aliphatic heterocycles. The average Bonchev–Trinajstić information content (AvgIpc) is 3.45. The van der Waals surface area contributed by atoms with Gasteiger partial charge in [0.15, 0.2) is 0 Å². The number of rotatable bonds is 2. The molecular weight excluding hydrogens is 612 g/mol. The zero-order valence-electron chi connectivity index (χ0n) is 26.1. The van der Waals surface area contributed by atoms with Crippen molar-refractivity contribution < 1.29 is 23.2 Å². The third-order valence-electron chi connectivity index (χ3n) is 9.50. The van der Waals surface area contributed by atoms with E-state index < -0.39 is 57.6 Å². The van der Waals surface area contributed by atoms with Crippen molar-refractivity contribution >= 4 is 64.3 Å². The number of aryl methyl sites for hydroxylation is 2. The van der Waals surface area contributed by atoms with Crippen LogP contribution in [0.1, 0.15) is 22.6 Å². The standard InChI is InChI=1S/C32H28N6O9/c1-33-23(39)21-17-11-7-15(9-13-19(17)46-25(21)35(3)29(33)43)32(27(41)37(5)31(45)38(6)28(32)42)16-8-12-18-20(14-10-16)47-26-22(18)24(40)34(2)30(44)36(26)4/h7-16H,1-6H3. The molecule has 0 radical (unpaired) electrons. The molecule has 15 heteroatoms. The zero-order chi connectivity index (χ0) is 33.9. The molecule has 240 valence electrons. The molecular formula is C32H28N6O9. The van der Waals surface area contributed by atoms with Crippen LogP contribution in [0.15, 0.2) is 52.3 Å². The van der Waals surface area contributed by atoms with Gasteiger partial charge in [-0.15, -0.1) is 0 Å². The number of fused-ring (bicyclic) bond motifs is 6. The Hall–Kier alpha value is -5.99. The fraction of sp³-hybridized carbons (Fsp3) is 0.281. The van der Waals surface area contributed by atoms with Gasteiger partial charge in [0.05, 0.1) is 0 Å². The molecule has 4 aromatic rings. The van der Waals surface area contributed by atoms with Crippen LogP contribution < -0.4 is 22.5 Å². The quantitative estimate of drug-likeness (QED) is 0.290. The maximum atomic E-state index is 14.3. The Bertz CT molecular complexity index is 2340. The second-order valence-corrected chi connectivity index (χ2v) is 11.9. The van der Waals surface area contributed by atoms with Gasteiger partial charge in [0, 0.05) is 65.2 Å². The Morgan fingerprint density at radius 1 is 0.532 bits per heavy atom. The molecule has 0 spiro atoms. The summed E-state index contributed by atoms with van der Waals surface area (Å²) in [5, 5.41) is 0.292. The fourth-order valence-corrected chi connectivity index (χ4v) is 6.85. The van der Waals surface area contributed by atoms with Crippen LogP contribution in [0.25, 0.3) is 46.5 Å². The van der Waals surface area contributed by atoms with Crippen molar-refractivity contribution in [1.29, 1.82) is 0 Å². The minimum absolute atomic E-state index is 0.0691. The van der Waals surface area contributed by atoms with E-state index in [0.717, 1.165) is 18.9 Å². The Labute approximate surface area is 263 Å². The van der Waals surface area contributed by atoms with Gasteiger partial charge in [-0.2, -0.15) is 0 Å². The van der Waals surface area contributed by atoms with Crippen LogP contribution in [0.5, 0.6) is 0 Å². The maximum absolute atomic E-state index is 14.3. The van der Waals surface area contributed by atoms with E-state index in [2.05, 4.69) is 0 Å². The van der Waals surface area contributed by atoms with Gasteiger partial charge in [0.2, 0.25) is 23.2 Å². The normalized spacial score (nSPS) is 20.3. The summed E-state index contributed by atoms with van der Waals surface area (Å²) >= 11 is 0. The number of hydrogen-bond donors (Lipinski definition) is 0. The molecule has 1 fully saturated rings. The number of carbonyl (C=O) groups excluding carboxylic acids is 3. The second-order valence-electron chi connectivity index (χ2n) is 11.9. The van der Waals surface area contributed by atoms with E-state index >= 15 is 0 Å². The van der Waals surface area contributed by atoms with E-state index in [1.165, 1.54) is 63.6 Å². The molecule has 0 saturated carbocycles. The topological polar surface area (TPSA) is 172 Å². The monoisotopic (exact) mass is 640 g/mol. The number of amides is 4. The van der Waals surface area contributed by atoms with Gasteiger partial charge in [-0.25, -0.2) is 14.4 Å². The second kappa shape index (κ2) is 9.75. The lowest BCUT2D eigenvalue weighted by Crippen LogP contribution is -2.67. The molecule has 0 aromatic carbocycles. The first-order valence-corrected chi connectivity index (χ1v) is 14.5. The summed E-state index contributed by atoms with van der Waals surface area (Å²) in [6, 6.07) is -0.802. The van der Waals surface area contributed by atoms with Gasteiger partial charge in [-0.1, -0.05) is 36.5 Å². The number of barbiturate groups is 1. The third kappa shape index (κ3) is 3.64. The number of nitrogens with zero attached hydrogens (tertiary/aromatic N) is 6. The molecule has 2 atom stereocenters. The smallest absolute Gasteiger partial charge is 0.333 e. The molecule has 2 unspecified atom stereocenters. The average molecular weight is 641 g/mol. The van der Waals surface area contributed by atoms with Crippen LogP contribution in [-0.4, -0.2) is 60.0 Å². The van der Waals surface area contributed by atoms with Crippen LogP contribution in [0, 0.1) is 17.3 Å². The van der Waals surface area contributed by atoms with Crippen molar-refractivity contribution in [2.24, 2.45) is 45.4 Å². The molecule has 0 N–H and O–H groups in total. The largest absolute Gasteiger partial charge is 0.439 e. The molecule has 3 aliphatic rings. The molecule has 2 aliphatic carbocycles. The predicted molar refractivity (Wildman–Crippen MR) is 170 cm³/mol. The summed E-state index contributed by atoms with van der Waals surface area (Å²) in [7, 11) is 8.25. The van der Waals surface area contributed by atoms with Gasteiger partial charge >= 0.3 is 17.4 Å². The van der Waals surface area contributed by atoms with Crippen LogP contribution in [0.3, 0.4) is 0 Å². The maximum Gasteiger partial charge on any atom is 0.333 e. The van der Waals surface area contributed by atoms with E-state index in [-0.39, 0.29) is 33.7 Å². The predicted octanol–water partition coefficient (Wildman–Crippen LogP) is 1.02. The molecule has 0 bridgehead atoms. The molecule has 5 heterocycles. The highest BCUT2D eigenvalue weighted by Crippen LogP contribution is 2.48. The number of urea groups is 1. The first-order chi connectivity index (χ1) is 22.2. The van der Waals surface area contributed by atoms with Crippen molar-refractivity contribution in [2.45, 2.75) is 0 Å². The molecule has 7 rings (SSSR count). The molecule has 1 saturated heterocycles. The number of hydrogen-bond acceptors (Lipinski definition) is 9. The number of furan rings is 2. The summed E-state index contributed by atoms with van der Waals surface area (Å²) < 4.78 is 16.2. The van der Waals surface area contributed by atoms with Gasteiger partial charge in [0.25, 0.3) is 11.1 Å². The van der Waals surface area contributed by atoms with Gasteiger partial charge in [-0.3, -0.25) is 47.2 Å². The number of aromatic nitrogens is 4. The summed E-state index contributed by atoms with van der Waals surface area (Å²) in [4.78, 5) is 94.8. The Morgan fingerprint density at radius 3 is 1.28 bits per heavy atom. The molecule has 4 amide bonds. The van der Waals surface area contributed by atoms with Crippen LogP contribution in [-0.2, 0) is 37.8 Å². The van der Waals surface area contributed by atoms with Gasteiger partial charge < -0.3 is 8.83 Å². The summed E-state index contributed by atoms with van der Waals surface area (Å²) in [5.74, 6) is -3.04. The van der Waals surface area contributed by atoms with Crippen molar-refractivity contribution in [3.05, 3.63) is 88.6 Å². The van der Waals surface area contributed by atoms with Crippen molar-refractivity contribution in [3.8, 4) is 0 Å². The minimum Gasteiger partial charge on any atom is -0.439 e. The zero-order valence-corrected chi connectivity index (χ0v) is 26.1. The van der Waals surface area contributed by atoms with E-state index in [1.807, 2.05) is 0 Å². The minimum atomic E-state index is -1.95. The lowest BCUT2D eigenvalue weighted by molar-refractivity contribution is -0.161. The van der Waals surface area contributed by atoms with Crippen molar-refractivity contribution in [1.82, 2.24) is 28.1 Å². The fourth-order valence-electron chi connectivity index (χ4n) is 6.85. The van der Waals surface area contributed by atoms with Gasteiger partial charge in [-0.05, 0) is 12.2 Å². The first-order valence-electron chi connectivity index (χ1n) is 14.5. The highest BCUT2D eigenvalue weighted by atomic mass is 16.4. The van der Waals surface area contributed by atoms with E-state index in [1.54, 1.807) is 36.5 Å². The van der Waals surface area contributed by atoms with Gasteiger partial charge in [0.1, 0.15) is 27.7 Å². The van der Waals surface area contributed by atoms with Crippen LogP contribution in [0.2, 0.25) is 0 Å².